The number of nitrogens with zero attached hydrogens (tertiary/aromatic N) is 6. The van der Waals surface area contributed by atoms with Crippen molar-refractivity contribution in [2.45, 2.75) is 6.54 Å². The van der Waals surface area contributed by atoms with Gasteiger partial charge in [0.1, 0.15) is 12.0 Å². The minimum absolute atomic E-state index is 0.114. The molecule has 4 aromatic rings. The molecule has 0 fully saturated rings. The Morgan fingerprint density at radius 3 is 2.72 bits per heavy atom. The number of pyridine rings is 1. The van der Waals surface area contributed by atoms with E-state index in [-0.39, 0.29) is 5.56 Å². The number of tetrazole rings is 1. The molecule has 9 heteroatoms. The third-order valence-electron chi connectivity index (χ3n) is 3.63. The van der Waals surface area contributed by atoms with E-state index < -0.39 is 0 Å². The molecule has 0 saturated heterocycles. The van der Waals surface area contributed by atoms with Crippen LogP contribution < -0.4 is 10.9 Å². The number of hydrogen-bond donors (Lipinski definition) is 1. The summed E-state index contributed by atoms with van der Waals surface area (Å²) in [4.78, 5) is 16.7. The zero-order valence-corrected chi connectivity index (χ0v) is 14.5. The molecule has 0 aliphatic rings. The molecule has 4 rings (SSSR count). The summed E-state index contributed by atoms with van der Waals surface area (Å²) < 4.78 is 3.92. The first kappa shape index (κ1) is 15.5. The molecule has 0 spiro atoms. The van der Waals surface area contributed by atoms with E-state index in [1.54, 1.807) is 16.9 Å². The Morgan fingerprint density at radius 1 is 1.12 bits per heavy atom. The topological polar surface area (TPSA) is 90.0 Å². The van der Waals surface area contributed by atoms with Crippen LogP contribution in [-0.4, -0.2) is 29.6 Å². The Morgan fingerprint density at radius 2 is 1.96 bits per heavy atom. The van der Waals surface area contributed by atoms with Gasteiger partial charge in [0, 0.05) is 22.4 Å². The number of rotatable bonds is 4. The SMILES string of the molecule is O=c1cc(CNc2ccc(-n3cnnn3)cc2)nc2ccc(Br)cn12. The Hall–Kier alpha value is -3.07. The number of nitrogens with one attached hydrogen (secondary N) is 1. The zero-order valence-electron chi connectivity index (χ0n) is 12.9. The Bertz CT molecular complexity index is 1070. The maximum absolute atomic E-state index is 12.2. The molecule has 8 nitrogen and oxygen atoms in total. The summed E-state index contributed by atoms with van der Waals surface area (Å²) in [5, 5.41) is 14.3. The van der Waals surface area contributed by atoms with Gasteiger partial charge in [-0.2, -0.15) is 0 Å². The van der Waals surface area contributed by atoms with Gasteiger partial charge in [-0.15, -0.1) is 5.10 Å². The lowest BCUT2D eigenvalue weighted by atomic mass is 10.2. The van der Waals surface area contributed by atoms with Crippen molar-refractivity contribution in [2.75, 3.05) is 5.32 Å². The van der Waals surface area contributed by atoms with Gasteiger partial charge in [-0.25, -0.2) is 9.67 Å². The van der Waals surface area contributed by atoms with Gasteiger partial charge in [-0.1, -0.05) is 0 Å². The van der Waals surface area contributed by atoms with Crippen LogP contribution in [-0.2, 0) is 6.54 Å². The molecule has 0 aliphatic carbocycles. The molecule has 1 aromatic carbocycles. The molecular weight excluding hydrogens is 386 g/mol. The lowest BCUT2D eigenvalue weighted by Crippen LogP contribution is -2.16. The molecule has 3 heterocycles. The minimum Gasteiger partial charge on any atom is -0.379 e. The molecule has 25 heavy (non-hydrogen) atoms. The zero-order chi connectivity index (χ0) is 17.2. The maximum Gasteiger partial charge on any atom is 0.258 e. The van der Waals surface area contributed by atoms with Crippen molar-refractivity contribution in [3.8, 4) is 5.69 Å². The second-order valence-electron chi connectivity index (χ2n) is 5.32. The summed E-state index contributed by atoms with van der Waals surface area (Å²) in [6, 6.07) is 12.8. The normalized spacial score (nSPS) is 10.9. The van der Waals surface area contributed by atoms with Gasteiger partial charge in [-0.05, 0) is 62.8 Å². The number of fused-ring (bicyclic) bond motifs is 1. The van der Waals surface area contributed by atoms with Gasteiger partial charge < -0.3 is 5.32 Å². The van der Waals surface area contributed by atoms with E-state index in [4.69, 9.17) is 0 Å². The highest BCUT2D eigenvalue weighted by molar-refractivity contribution is 9.10. The van der Waals surface area contributed by atoms with Gasteiger partial charge in [0.2, 0.25) is 0 Å². The van der Waals surface area contributed by atoms with Gasteiger partial charge in [0.25, 0.3) is 5.56 Å². The van der Waals surface area contributed by atoms with E-state index in [0.717, 1.165) is 15.8 Å². The van der Waals surface area contributed by atoms with Crippen molar-refractivity contribution < 1.29 is 0 Å². The number of hydrogen-bond acceptors (Lipinski definition) is 6. The highest BCUT2D eigenvalue weighted by Gasteiger charge is 2.04. The second kappa shape index (κ2) is 6.44. The van der Waals surface area contributed by atoms with Crippen molar-refractivity contribution in [1.29, 1.82) is 0 Å². The average Bonchev–Trinajstić information content (AvgIpc) is 3.16. The summed E-state index contributed by atoms with van der Waals surface area (Å²) in [5.74, 6) is 0. The average molecular weight is 398 g/mol. The highest BCUT2D eigenvalue weighted by Crippen LogP contribution is 2.13. The Labute approximate surface area is 150 Å². The van der Waals surface area contributed by atoms with Gasteiger partial charge in [-0.3, -0.25) is 9.20 Å². The predicted molar refractivity (Wildman–Crippen MR) is 95.6 cm³/mol. The smallest absolute Gasteiger partial charge is 0.258 e. The van der Waals surface area contributed by atoms with Gasteiger partial charge in [0.15, 0.2) is 0 Å². The van der Waals surface area contributed by atoms with Crippen molar-refractivity contribution in [2.24, 2.45) is 0 Å². The quantitative estimate of drug-likeness (QED) is 0.566. The molecule has 124 valence electrons. The summed E-state index contributed by atoms with van der Waals surface area (Å²) in [6.07, 6.45) is 3.24. The fourth-order valence-corrected chi connectivity index (χ4v) is 2.76. The first-order valence-electron chi connectivity index (χ1n) is 7.44. The summed E-state index contributed by atoms with van der Waals surface area (Å²) in [6.45, 7) is 0.450. The van der Waals surface area contributed by atoms with Crippen LogP contribution in [0.5, 0.6) is 0 Å². The van der Waals surface area contributed by atoms with Crippen molar-refractivity contribution in [1.82, 2.24) is 29.6 Å². The van der Waals surface area contributed by atoms with Crippen LogP contribution in [0, 0.1) is 0 Å². The van der Waals surface area contributed by atoms with E-state index in [0.29, 0.717) is 17.9 Å². The second-order valence-corrected chi connectivity index (χ2v) is 6.23. The molecule has 0 unspecified atom stereocenters. The highest BCUT2D eigenvalue weighted by atomic mass is 79.9. The lowest BCUT2D eigenvalue weighted by molar-refractivity contribution is 0.789. The van der Waals surface area contributed by atoms with Crippen LogP contribution in [0.2, 0.25) is 0 Å². The van der Waals surface area contributed by atoms with Crippen molar-refractivity contribution in [3.63, 3.8) is 0 Å². The summed E-state index contributed by atoms with van der Waals surface area (Å²) >= 11 is 3.35. The van der Waals surface area contributed by atoms with E-state index in [1.807, 2.05) is 30.3 Å². The molecule has 0 amide bonds. The van der Waals surface area contributed by atoms with Crippen LogP contribution >= 0.6 is 15.9 Å². The Balaban J connectivity index is 1.52. The van der Waals surface area contributed by atoms with Crippen molar-refractivity contribution in [3.05, 3.63) is 75.5 Å². The van der Waals surface area contributed by atoms with E-state index in [9.17, 15) is 4.79 Å². The molecule has 1 N–H and O–H groups in total. The van der Waals surface area contributed by atoms with Crippen LogP contribution in [0.25, 0.3) is 11.3 Å². The molecular formula is C16H12BrN7O. The van der Waals surface area contributed by atoms with Crippen LogP contribution in [0.15, 0.2) is 64.3 Å². The standard InChI is InChI=1S/C16H12BrN7O/c17-11-1-6-15-20-13(7-16(25)23(15)9-11)8-18-12-2-4-14(5-3-12)24-10-19-21-22-24/h1-7,9-10,18H,8H2. The molecule has 0 bridgehead atoms. The summed E-state index contributed by atoms with van der Waals surface area (Å²) in [5.41, 5.74) is 2.95. The fourth-order valence-electron chi connectivity index (χ4n) is 2.42. The summed E-state index contributed by atoms with van der Waals surface area (Å²) in [7, 11) is 0. The molecule has 0 saturated carbocycles. The third kappa shape index (κ3) is 3.26. The monoisotopic (exact) mass is 397 g/mol. The van der Waals surface area contributed by atoms with Gasteiger partial charge in [0.05, 0.1) is 17.9 Å². The van der Waals surface area contributed by atoms with E-state index in [2.05, 4.69) is 41.8 Å². The third-order valence-corrected chi connectivity index (χ3v) is 4.10. The number of anilines is 1. The predicted octanol–water partition coefficient (Wildman–Crippen LogP) is 2.04. The molecule has 0 aliphatic heterocycles. The van der Waals surface area contributed by atoms with Crippen LogP contribution in [0.3, 0.4) is 0 Å². The maximum atomic E-state index is 12.2. The minimum atomic E-state index is -0.114. The van der Waals surface area contributed by atoms with Crippen LogP contribution in [0.1, 0.15) is 5.69 Å². The fraction of sp³-hybridized carbons (Fsp3) is 0.0625. The first-order valence-corrected chi connectivity index (χ1v) is 8.23. The molecule has 3 aromatic heterocycles. The number of aromatic nitrogens is 6. The molecule has 0 radical (unpaired) electrons. The van der Waals surface area contributed by atoms with Crippen LogP contribution in [0.4, 0.5) is 5.69 Å². The lowest BCUT2D eigenvalue weighted by Gasteiger charge is -2.08. The Kier molecular flexibility index (Phi) is 3.98. The first-order chi connectivity index (χ1) is 12.2. The van der Waals surface area contributed by atoms with Crippen molar-refractivity contribution >= 4 is 27.3 Å². The van der Waals surface area contributed by atoms with E-state index >= 15 is 0 Å². The number of benzene rings is 1. The number of halogens is 1. The largest absolute Gasteiger partial charge is 0.379 e. The van der Waals surface area contributed by atoms with Gasteiger partial charge >= 0.3 is 0 Å². The van der Waals surface area contributed by atoms with E-state index in [1.165, 1.54) is 16.8 Å². The molecule has 0 atom stereocenters.